The van der Waals surface area contributed by atoms with Crippen LogP contribution in [0.3, 0.4) is 0 Å². The maximum Gasteiger partial charge on any atom is 0.251 e. The number of benzene rings is 2. The highest BCUT2D eigenvalue weighted by Gasteiger charge is 2.23. The van der Waals surface area contributed by atoms with Crippen molar-refractivity contribution in [3.8, 4) is 0 Å². The lowest BCUT2D eigenvalue weighted by Crippen LogP contribution is -2.25. The van der Waals surface area contributed by atoms with Crippen molar-refractivity contribution < 1.29 is 4.79 Å². The number of anilines is 1. The fourth-order valence-electron chi connectivity index (χ4n) is 2.07. The third-order valence-corrected chi connectivity index (χ3v) is 3.38. The number of amides is 1. The highest BCUT2D eigenvalue weighted by molar-refractivity contribution is 5.95. The Balaban J connectivity index is 1.63. The fraction of sp³-hybridized carbons (Fsp3) is 0.235. The van der Waals surface area contributed by atoms with E-state index < -0.39 is 0 Å². The number of carbonyl (C=O) groups excluding carboxylic acids is 1. The number of rotatable bonds is 5. The van der Waals surface area contributed by atoms with Gasteiger partial charge in [0.2, 0.25) is 0 Å². The summed E-state index contributed by atoms with van der Waals surface area (Å²) < 4.78 is 0. The number of carbonyl (C=O) groups is 1. The smallest absolute Gasteiger partial charge is 0.251 e. The fourth-order valence-corrected chi connectivity index (χ4v) is 2.07. The summed E-state index contributed by atoms with van der Waals surface area (Å²) >= 11 is 0. The molecule has 1 aliphatic carbocycles. The van der Waals surface area contributed by atoms with Crippen LogP contribution in [-0.4, -0.2) is 11.9 Å². The standard InChI is InChI=1S/C17H18N2O/c20-17(19-15-9-10-15)14-7-4-8-16(11-14)18-12-13-5-2-1-3-6-13/h1-8,11,15,18H,9-10,12H2,(H,19,20). The Kier molecular flexibility index (Phi) is 3.68. The van der Waals surface area contributed by atoms with Crippen LogP contribution in [0.25, 0.3) is 0 Å². The minimum atomic E-state index is 0.0239. The minimum Gasteiger partial charge on any atom is -0.381 e. The number of hydrogen-bond donors (Lipinski definition) is 2. The second-order valence-corrected chi connectivity index (χ2v) is 5.17. The van der Waals surface area contributed by atoms with Gasteiger partial charge < -0.3 is 10.6 Å². The molecule has 1 saturated carbocycles. The summed E-state index contributed by atoms with van der Waals surface area (Å²) in [5.74, 6) is 0.0239. The molecule has 0 aliphatic heterocycles. The Bertz CT molecular complexity index is 591. The Hall–Kier alpha value is -2.29. The van der Waals surface area contributed by atoms with Crippen LogP contribution in [0.1, 0.15) is 28.8 Å². The lowest BCUT2D eigenvalue weighted by Gasteiger charge is -2.09. The third kappa shape index (κ3) is 3.38. The molecule has 102 valence electrons. The molecule has 0 spiro atoms. The quantitative estimate of drug-likeness (QED) is 0.872. The van der Waals surface area contributed by atoms with Gasteiger partial charge in [-0.1, -0.05) is 36.4 Å². The molecule has 0 radical (unpaired) electrons. The average molecular weight is 266 g/mol. The summed E-state index contributed by atoms with van der Waals surface area (Å²) in [4.78, 5) is 12.0. The van der Waals surface area contributed by atoms with E-state index in [0.717, 1.165) is 30.6 Å². The molecule has 2 aromatic carbocycles. The van der Waals surface area contributed by atoms with Gasteiger partial charge in [0.25, 0.3) is 5.91 Å². The van der Waals surface area contributed by atoms with E-state index in [1.165, 1.54) is 5.56 Å². The van der Waals surface area contributed by atoms with Crippen molar-refractivity contribution in [2.45, 2.75) is 25.4 Å². The van der Waals surface area contributed by atoms with Crippen molar-refractivity contribution in [3.63, 3.8) is 0 Å². The van der Waals surface area contributed by atoms with Crippen molar-refractivity contribution in [3.05, 3.63) is 65.7 Å². The van der Waals surface area contributed by atoms with Crippen LogP contribution in [0, 0.1) is 0 Å². The molecule has 3 rings (SSSR count). The van der Waals surface area contributed by atoms with E-state index in [4.69, 9.17) is 0 Å². The first-order chi connectivity index (χ1) is 9.81. The van der Waals surface area contributed by atoms with E-state index in [0.29, 0.717) is 6.04 Å². The van der Waals surface area contributed by atoms with Crippen LogP contribution in [0.15, 0.2) is 54.6 Å². The highest BCUT2D eigenvalue weighted by atomic mass is 16.1. The van der Waals surface area contributed by atoms with E-state index in [9.17, 15) is 4.79 Å². The van der Waals surface area contributed by atoms with Crippen LogP contribution in [0.4, 0.5) is 5.69 Å². The van der Waals surface area contributed by atoms with Gasteiger partial charge >= 0.3 is 0 Å². The predicted octanol–water partition coefficient (Wildman–Crippen LogP) is 3.19. The maximum atomic E-state index is 12.0. The molecule has 0 atom stereocenters. The minimum absolute atomic E-state index is 0.0239. The Labute approximate surface area is 119 Å². The number of hydrogen-bond acceptors (Lipinski definition) is 2. The summed E-state index contributed by atoms with van der Waals surface area (Å²) in [6.45, 7) is 0.758. The van der Waals surface area contributed by atoms with Crippen LogP contribution in [-0.2, 0) is 6.54 Å². The second-order valence-electron chi connectivity index (χ2n) is 5.17. The molecule has 2 N–H and O–H groups in total. The van der Waals surface area contributed by atoms with Gasteiger partial charge in [-0.05, 0) is 36.6 Å². The van der Waals surface area contributed by atoms with Gasteiger partial charge in [0.15, 0.2) is 0 Å². The number of nitrogens with one attached hydrogen (secondary N) is 2. The zero-order chi connectivity index (χ0) is 13.8. The van der Waals surface area contributed by atoms with E-state index >= 15 is 0 Å². The zero-order valence-corrected chi connectivity index (χ0v) is 11.3. The van der Waals surface area contributed by atoms with Crippen molar-refractivity contribution in [1.82, 2.24) is 5.32 Å². The molecule has 0 aromatic heterocycles. The molecule has 0 heterocycles. The predicted molar refractivity (Wildman–Crippen MR) is 80.7 cm³/mol. The van der Waals surface area contributed by atoms with Crippen molar-refractivity contribution in [2.24, 2.45) is 0 Å². The van der Waals surface area contributed by atoms with Crippen molar-refractivity contribution >= 4 is 11.6 Å². The van der Waals surface area contributed by atoms with Crippen molar-refractivity contribution in [2.75, 3.05) is 5.32 Å². The summed E-state index contributed by atoms with van der Waals surface area (Å²) in [5, 5.41) is 6.35. The summed E-state index contributed by atoms with van der Waals surface area (Å²) in [7, 11) is 0. The normalized spacial score (nSPS) is 13.8. The Morgan fingerprint density at radius 1 is 1.05 bits per heavy atom. The van der Waals surface area contributed by atoms with E-state index in [2.05, 4.69) is 22.8 Å². The van der Waals surface area contributed by atoms with E-state index in [1.807, 2.05) is 42.5 Å². The molecular weight excluding hydrogens is 248 g/mol. The molecule has 3 nitrogen and oxygen atoms in total. The highest BCUT2D eigenvalue weighted by Crippen LogP contribution is 2.20. The van der Waals surface area contributed by atoms with Crippen LogP contribution in [0.2, 0.25) is 0 Å². The van der Waals surface area contributed by atoms with Gasteiger partial charge in [0, 0.05) is 23.8 Å². The molecule has 2 aromatic rings. The third-order valence-electron chi connectivity index (χ3n) is 3.38. The first-order valence-electron chi connectivity index (χ1n) is 7.00. The van der Waals surface area contributed by atoms with Gasteiger partial charge in [0.1, 0.15) is 0 Å². The van der Waals surface area contributed by atoms with Gasteiger partial charge in [-0.2, -0.15) is 0 Å². The molecule has 0 saturated heterocycles. The van der Waals surface area contributed by atoms with E-state index in [1.54, 1.807) is 0 Å². The first kappa shape index (κ1) is 12.7. The summed E-state index contributed by atoms with van der Waals surface area (Å²) in [6.07, 6.45) is 2.22. The molecule has 0 unspecified atom stereocenters. The van der Waals surface area contributed by atoms with Gasteiger partial charge in [-0.15, -0.1) is 0 Å². The van der Waals surface area contributed by atoms with Crippen LogP contribution in [0.5, 0.6) is 0 Å². The lowest BCUT2D eigenvalue weighted by atomic mass is 10.1. The van der Waals surface area contributed by atoms with Gasteiger partial charge in [0.05, 0.1) is 0 Å². The molecule has 3 heteroatoms. The largest absolute Gasteiger partial charge is 0.381 e. The lowest BCUT2D eigenvalue weighted by molar-refractivity contribution is 0.0951. The molecule has 1 aliphatic rings. The SMILES string of the molecule is O=C(NC1CC1)c1cccc(NCc2ccccc2)c1. The van der Waals surface area contributed by atoms with Gasteiger partial charge in [-0.25, -0.2) is 0 Å². The summed E-state index contributed by atoms with van der Waals surface area (Å²) in [5.41, 5.74) is 2.91. The molecule has 1 fully saturated rings. The van der Waals surface area contributed by atoms with Crippen LogP contribution >= 0.6 is 0 Å². The van der Waals surface area contributed by atoms with Crippen LogP contribution < -0.4 is 10.6 Å². The van der Waals surface area contributed by atoms with Gasteiger partial charge in [-0.3, -0.25) is 4.79 Å². The second kappa shape index (κ2) is 5.78. The topological polar surface area (TPSA) is 41.1 Å². The maximum absolute atomic E-state index is 12.0. The first-order valence-corrected chi connectivity index (χ1v) is 7.00. The monoisotopic (exact) mass is 266 g/mol. The Morgan fingerprint density at radius 2 is 1.85 bits per heavy atom. The Morgan fingerprint density at radius 3 is 2.60 bits per heavy atom. The molecular formula is C17H18N2O. The molecule has 1 amide bonds. The average Bonchev–Trinajstić information content (AvgIpc) is 3.30. The van der Waals surface area contributed by atoms with Crippen molar-refractivity contribution in [1.29, 1.82) is 0 Å². The molecule has 0 bridgehead atoms. The molecule has 20 heavy (non-hydrogen) atoms. The zero-order valence-electron chi connectivity index (χ0n) is 11.3. The summed E-state index contributed by atoms with van der Waals surface area (Å²) in [6, 6.07) is 18.3. The van der Waals surface area contributed by atoms with E-state index in [-0.39, 0.29) is 5.91 Å².